The van der Waals surface area contributed by atoms with Crippen LogP contribution in [0.4, 0.5) is 0 Å². The van der Waals surface area contributed by atoms with Crippen LogP contribution in [0.3, 0.4) is 0 Å². The molecule has 1 rings (SSSR count). The summed E-state index contributed by atoms with van der Waals surface area (Å²) in [7, 11) is 0. The highest BCUT2D eigenvalue weighted by Crippen LogP contribution is 2.16. The minimum absolute atomic E-state index is 0.481. The fourth-order valence-corrected chi connectivity index (χ4v) is 0.796. The van der Waals surface area contributed by atoms with Crippen molar-refractivity contribution in [1.29, 1.82) is 0 Å². The molecule has 1 aliphatic heterocycles. The van der Waals surface area contributed by atoms with Crippen molar-refractivity contribution in [1.82, 2.24) is 0 Å². The molecule has 0 N–H and O–H groups in total. The van der Waals surface area contributed by atoms with Crippen LogP contribution in [0, 0.1) is 0 Å². The van der Waals surface area contributed by atoms with Gasteiger partial charge >= 0.3 is 0 Å². The van der Waals surface area contributed by atoms with Crippen molar-refractivity contribution in [3.8, 4) is 0 Å². The standard InChI is InChI=1S/C4H6Cl2O2/c5-3-4(6)8-2-1-7-3/h3-4H,1-2H2/t3-,4?/m1/s1. The van der Waals surface area contributed by atoms with Crippen LogP contribution in [0.2, 0.25) is 0 Å². The second kappa shape index (κ2) is 2.87. The third-order valence-electron chi connectivity index (χ3n) is 0.844. The SMILES string of the molecule is ClC1OCCO[C@H]1Cl. The van der Waals surface area contributed by atoms with E-state index in [9.17, 15) is 0 Å². The summed E-state index contributed by atoms with van der Waals surface area (Å²) in [5.74, 6) is 0. The quantitative estimate of drug-likeness (QED) is 0.491. The van der Waals surface area contributed by atoms with E-state index >= 15 is 0 Å². The molecule has 0 aromatic carbocycles. The highest BCUT2D eigenvalue weighted by molar-refractivity contribution is 6.28. The second-order valence-corrected chi connectivity index (χ2v) is 2.30. The summed E-state index contributed by atoms with van der Waals surface area (Å²) in [5, 5.41) is 0. The molecule has 0 aromatic rings. The largest absolute Gasteiger partial charge is 0.356 e. The van der Waals surface area contributed by atoms with E-state index in [-0.39, 0.29) is 0 Å². The molecule has 0 spiro atoms. The normalized spacial score (nSPS) is 39.8. The van der Waals surface area contributed by atoms with E-state index in [1.165, 1.54) is 0 Å². The number of hydrogen-bond acceptors (Lipinski definition) is 2. The van der Waals surface area contributed by atoms with Crippen LogP contribution in [-0.2, 0) is 9.47 Å². The molecule has 0 saturated carbocycles. The van der Waals surface area contributed by atoms with Crippen molar-refractivity contribution in [3.63, 3.8) is 0 Å². The summed E-state index contributed by atoms with van der Waals surface area (Å²) in [6, 6.07) is 0. The number of alkyl halides is 2. The van der Waals surface area contributed by atoms with Gasteiger partial charge in [-0.25, -0.2) is 0 Å². The molecule has 1 aliphatic rings. The van der Waals surface area contributed by atoms with E-state index in [0.717, 1.165) is 0 Å². The smallest absolute Gasteiger partial charge is 0.171 e. The first kappa shape index (κ1) is 6.62. The van der Waals surface area contributed by atoms with Crippen LogP contribution in [-0.4, -0.2) is 24.3 Å². The topological polar surface area (TPSA) is 18.5 Å². The molecule has 48 valence electrons. The van der Waals surface area contributed by atoms with Crippen molar-refractivity contribution in [2.45, 2.75) is 11.1 Å². The van der Waals surface area contributed by atoms with Crippen molar-refractivity contribution < 1.29 is 9.47 Å². The Bertz CT molecular complexity index is 68.4. The summed E-state index contributed by atoms with van der Waals surface area (Å²) in [5.41, 5.74) is -0.962. The highest BCUT2D eigenvalue weighted by Gasteiger charge is 2.21. The van der Waals surface area contributed by atoms with E-state index in [1.807, 2.05) is 0 Å². The molecule has 2 nitrogen and oxygen atoms in total. The molecular weight excluding hydrogens is 151 g/mol. The van der Waals surface area contributed by atoms with Gasteiger partial charge in [0.2, 0.25) is 0 Å². The zero-order valence-corrected chi connectivity index (χ0v) is 5.65. The van der Waals surface area contributed by atoms with Crippen LogP contribution >= 0.6 is 23.2 Å². The Balaban J connectivity index is 2.28. The van der Waals surface area contributed by atoms with E-state index in [0.29, 0.717) is 13.2 Å². The van der Waals surface area contributed by atoms with Crippen molar-refractivity contribution >= 4 is 23.2 Å². The van der Waals surface area contributed by atoms with E-state index in [4.69, 9.17) is 32.7 Å². The van der Waals surface area contributed by atoms with Gasteiger partial charge in [-0.05, 0) is 0 Å². The molecule has 0 aromatic heterocycles. The Morgan fingerprint density at radius 1 is 1.00 bits per heavy atom. The van der Waals surface area contributed by atoms with Gasteiger partial charge in [0.05, 0.1) is 13.2 Å². The lowest BCUT2D eigenvalue weighted by Gasteiger charge is -2.22. The molecule has 0 aliphatic carbocycles. The number of ether oxygens (including phenoxy) is 2. The van der Waals surface area contributed by atoms with Crippen molar-refractivity contribution in [2.24, 2.45) is 0 Å². The number of halogens is 2. The third kappa shape index (κ3) is 1.49. The van der Waals surface area contributed by atoms with Gasteiger partial charge in [-0.3, -0.25) is 0 Å². The lowest BCUT2D eigenvalue weighted by molar-refractivity contribution is -0.0728. The van der Waals surface area contributed by atoms with Gasteiger partial charge in [0.1, 0.15) is 0 Å². The van der Waals surface area contributed by atoms with Crippen LogP contribution in [0.25, 0.3) is 0 Å². The maximum Gasteiger partial charge on any atom is 0.171 e. The lowest BCUT2D eigenvalue weighted by Crippen LogP contribution is -2.30. The molecule has 1 saturated heterocycles. The lowest BCUT2D eigenvalue weighted by atomic mass is 10.6. The Labute approximate surface area is 57.7 Å². The summed E-state index contributed by atoms with van der Waals surface area (Å²) < 4.78 is 9.80. The Kier molecular flexibility index (Phi) is 2.38. The van der Waals surface area contributed by atoms with Gasteiger partial charge in [0.25, 0.3) is 0 Å². The van der Waals surface area contributed by atoms with E-state index < -0.39 is 11.1 Å². The summed E-state index contributed by atoms with van der Waals surface area (Å²) in [6.45, 7) is 1.08. The maximum absolute atomic E-state index is 5.49. The molecule has 4 heteroatoms. The fraction of sp³-hybridized carbons (Fsp3) is 1.00. The van der Waals surface area contributed by atoms with Gasteiger partial charge in [0.15, 0.2) is 11.1 Å². The minimum atomic E-state index is -0.481. The van der Waals surface area contributed by atoms with Crippen LogP contribution < -0.4 is 0 Å². The number of hydrogen-bond donors (Lipinski definition) is 0. The van der Waals surface area contributed by atoms with E-state index in [2.05, 4.69) is 0 Å². The first-order valence-electron chi connectivity index (χ1n) is 2.32. The Hall–Kier alpha value is 0.500. The predicted octanol–water partition coefficient (Wildman–Crippen LogP) is 1.16. The minimum Gasteiger partial charge on any atom is -0.356 e. The molecule has 1 fully saturated rings. The van der Waals surface area contributed by atoms with E-state index in [1.54, 1.807) is 0 Å². The van der Waals surface area contributed by atoms with Gasteiger partial charge in [0, 0.05) is 0 Å². The first-order valence-corrected chi connectivity index (χ1v) is 3.19. The third-order valence-corrected chi connectivity index (χ3v) is 1.68. The van der Waals surface area contributed by atoms with Crippen molar-refractivity contribution in [2.75, 3.05) is 13.2 Å². The zero-order valence-electron chi connectivity index (χ0n) is 4.14. The monoisotopic (exact) mass is 156 g/mol. The van der Waals surface area contributed by atoms with Crippen LogP contribution in [0.1, 0.15) is 0 Å². The van der Waals surface area contributed by atoms with Gasteiger partial charge in [-0.2, -0.15) is 0 Å². The highest BCUT2D eigenvalue weighted by atomic mass is 35.5. The Morgan fingerprint density at radius 2 is 1.38 bits per heavy atom. The predicted molar refractivity (Wildman–Crippen MR) is 31.2 cm³/mol. The molecule has 8 heavy (non-hydrogen) atoms. The summed E-state index contributed by atoms with van der Waals surface area (Å²) in [6.07, 6.45) is 0. The average molecular weight is 157 g/mol. The average Bonchev–Trinajstić information content (AvgIpc) is 1.77. The fourth-order valence-electron chi connectivity index (χ4n) is 0.473. The van der Waals surface area contributed by atoms with Gasteiger partial charge in [-0.1, -0.05) is 23.2 Å². The van der Waals surface area contributed by atoms with Crippen LogP contribution in [0.15, 0.2) is 0 Å². The molecular formula is C4H6Cl2O2. The molecule has 1 unspecified atom stereocenters. The first-order chi connectivity index (χ1) is 3.80. The van der Waals surface area contributed by atoms with Gasteiger partial charge in [-0.15, -0.1) is 0 Å². The Morgan fingerprint density at radius 3 is 1.62 bits per heavy atom. The molecule has 0 bridgehead atoms. The maximum atomic E-state index is 5.49. The molecule has 0 amide bonds. The number of rotatable bonds is 0. The van der Waals surface area contributed by atoms with Gasteiger partial charge < -0.3 is 9.47 Å². The summed E-state index contributed by atoms with van der Waals surface area (Å²) >= 11 is 11.0. The molecule has 0 radical (unpaired) electrons. The zero-order chi connectivity index (χ0) is 5.98. The summed E-state index contributed by atoms with van der Waals surface area (Å²) in [4.78, 5) is 0. The molecule has 2 atom stereocenters. The van der Waals surface area contributed by atoms with Crippen LogP contribution in [0.5, 0.6) is 0 Å². The molecule has 1 heterocycles. The van der Waals surface area contributed by atoms with Crippen molar-refractivity contribution in [3.05, 3.63) is 0 Å². The second-order valence-electron chi connectivity index (χ2n) is 1.44.